The zero-order valence-corrected chi connectivity index (χ0v) is 22.5. The summed E-state index contributed by atoms with van der Waals surface area (Å²) in [7, 11) is 0. The molecule has 0 aliphatic rings. The smallest absolute Gasteiger partial charge is 0.253 e. The van der Waals surface area contributed by atoms with E-state index in [0.29, 0.717) is 6.42 Å². The lowest BCUT2D eigenvalue weighted by Gasteiger charge is -2.21. The monoisotopic (exact) mass is 497 g/mol. The molecule has 35 heavy (non-hydrogen) atoms. The number of hydrogen-bond donors (Lipinski definition) is 0. The van der Waals surface area contributed by atoms with E-state index in [2.05, 4.69) is 42.3 Å². The van der Waals surface area contributed by atoms with Crippen LogP contribution in [0.3, 0.4) is 0 Å². The molecular weight excluding hydrogens is 457 g/mol. The van der Waals surface area contributed by atoms with Crippen molar-refractivity contribution in [2.45, 2.75) is 79.1 Å². The lowest BCUT2D eigenvalue weighted by Crippen LogP contribution is -2.32. The van der Waals surface area contributed by atoms with Gasteiger partial charge in [-0.05, 0) is 79.5 Å². The fraction of sp³-hybridized carbons (Fsp3) is 0.483. The fourth-order valence-electron chi connectivity index (χ4n) is 3.81. The minimum atomic E-state index is -0.212. The second-order valence-corrected chi connectivity index (χ2v) is 9.79. The second-order valence-electron chi connectivity index (χ2n) is 8.83. The Morgan fingerprint density at radius 1 is 0.857 bits per heavy atom. The van der Waals surface area contributed by atoms with Crippen molar-refractivity contribution >= 4 is 17.4 Å². The zero-order valence-electron chi connectivity index (χ0n) is 21.7. The van der Waals surface area contributed by atoms with Crippen molar-refractivity contribution < 1.29 is 9.18 Å². The molecule has 0 aliphatic carbocycles. The molecule has 0 radical (unpaired) electrons. The van der Waals surface area contributed by atoms with Gasteiger partial charge in [0.25, 0.3) is 5.91 Å². The summed E-state index contributed by atoms with van der Waals surface area (Å²) in [5.74, 6) is 0.770. The summed E-state index contributed by atoms with van der Waals surface area (Å²) in [5, 5.41) is 0.960. The summed E-state index contributed by atoms with van der Waals surface area (Å²) >= 11 is 1.39. The number of rotatable bonds is 12. The molecule has 6 heteroatoms. The predicted molar refractivity (Wildman–Crippen MR) is 145 cm³/mol. The van der Waals surface area contributed by atoms with E-state index in [4.69, 9.17) is 0 Å². The first-order valence-corrected chi connectivity index (χ1v) is 13.7. The molecule has 0 fully saturated rings. The third-order valence-corrected chi connectivity index (χ3v) is 6.30. The number of carbonyl (C=O) groups excluding carboxylic acids is 1. The van der Waals surface area contributed by atoms with Crippen molar-refractivity contribution in [3.05, 3.63) is 81.9 Å². The average Bonchev–Trinajstić information content (AvgIpc) is 3.28. The number of benzene rings is 2. The highest BCUT2D eigenvalue weighted by molar-refractivity contribution is 7.05. The van der Waals surface area contributed by atoms with E-state index in [-0.39, 0.29) is 11.7 Å². The molecule has 0 atom stereocenters. The Hall–Kier alpha value is -2.60. The highest BCUT2D eigenvalue weighted by Crippen LogP contribution is 2.13. The van der Waals surface area contributed by atoms with Gasteiger partial charge in [0.2, 0.25) is 0 Å². The Labute approximate surface area is 214 Å². The largest absolute Gasteiger partial charge is 0.339 e. The third kappa shape index (κ3) is 10.7. The molecular formula is C29H40FN3OS. The molecule has 190 valence electrons. The molecule has 0 saturated heterocycles. The normalized spacial score (nSPS) is 10.5. The highest BCUT2D eigenvalue weighted by Gasteiger charge is 2.13. The number of hydrogen-bond acceptors (Lipinski definition) is 4. The molecule has 1 amide bonds. The first kappa shape index (κ1) is 28.6. The van der Waals surface area contributed by atoms with Crippen molar-refractivity contribution in [2.75, 3.05) is 13.1 Å². The van der Waals surface area contributed by atoms with Crippen molar-refractivity contribution in [1.29, 1.82) is 0 Å². The van der Waals surface area contributed by atoms with Crippen LogP contribution in [0.5, 0.6) is 0 Å². The predicted octanol–water partition coefficient (Wildman–Crippen LogP) is 7.65. The lowest BCUT2D eigenvalue weighted by molar-refractivity contribution is 0.0755. The van der Waals surface area contributed by atoms with Gasteiger partial charge < -0.3 is 4.90 Å². The van der Waals surface area contributed by atoms with Crippen LogP contribution in [0.25, 0.3) is 0 Å². The van der Waals surface area contributed by atoms with Crippen molar-refractivity contribution in [2.24, 2.45) is 0 Å². The van der Waals surface area contributed by atoms with Gasteiger partial charge in [-0.25, -0.2) is 9.37 Å². The summed E-state index contributed by atoms with van der Waals surface area (Å²) in [4.78, 5) is 18.7. The van der Waals surface area contributed by atoms with Crippen LogP contribution in [0, 0.1) is 12.7 Å². The molecule has 0 bridgehead atoms. The van der Waals surface area contributed by atoms with Gasteiger partial charge in [0.15, 0.2) is 0 Å². The molecule has 0 saturated carbocycles. The molecule has 3 rings (SSSR count). The molecule has 0 aliphatic heterocycles. The summed E-state index contributed by atoms with van der Waals surface area (Å²) in [5.41, 5.74) is 3.21. The molecule has 0 N–H and O–H groups in total. The molecule has 4 nitrogen and oxygen atoms in total. The number of unbranched alkanes of at least 4 members (excludes halogenated alkanes) is 3. The van der Waals surface area contributed by atoms with E-state index in [1.807, 2.05) is 24.0 Å². The number of halogens is 1. The standard InChI is InChI=1S/C19H31NO.C10H9FN2S/c1-4-7-8-9-10-17-11-13-18(14-12-17)19(21)20(15-5-2)16-6-3;1-7-12-10(13-14-7)6-8-2-4-9(11)5-3-8/h11-14H,4-10,15-16H2,1-3H3;2-5H,6H2,1H3. The van der Waals surface area contributed by atoms with Crippen molar-refractivity contribution in [1.82, 2.24) is 14.3 Å². The molecule has 2 aromatic carbocycles. The second kappa shape index (κ2) is 16.1. The lowest BCUT2D eigenvalue weighted by atomic mass is 10.0. The Kier molecular flexibility index (Phi) is 13.2. The maximum absolute atomic E-state index is 12.6. The quantitative estimate of drug-likeness (QED) is 0.241. The van der Waals surface area contributed by atoms with Gasteiger partial charge in [0.1, 0.15) is 16.6 Å². The van der Waals surface area contributed by atoms with Crippen LogP contribution in [0.2, 0.25) is 0 Å². The Balaban J connectivity index is 0.000000266. The first-order valence-electron chi connectivity index (χ1n) is 12.9. The van der Waals surface area contributed by atoms with Crippen molar-refractivity contribution in [3.63, 3.8) is 0 Å². The summed E-state index contributed by atoms with van der Waals surface area (Å²) < 4.78 is 16.8. The van der Waals surface area contributed by atoms with Crippen LogP contribution in [0.1, 0.15) is 91.6 Å². The van der Waals surface area contributed by atoms with E-state index in [0.717, 1.165) is 54.3 Å². The molecule has 1 heterocycles. The van der Waals surface area contributed by atoms with Crippen LogP contribution in [-0.4, -0.2) is 33.3 Å². The van der Waals surface area contributed by atoms with Gasteiger partial charge in [-0.3, -0.25) is 4.79 Å². The highest BCUT2D eigenvalue weighted by atomic mass is 32.1. The van der Waals surface area contributed by atoms with Crippen LogP contribution in [0.15, 0.2) is 48.5 Å². The molecule has 3 aromatic rings. The van der Waals surface area contributed by atoms with Crippen LogP contribution in [-0.2, 0) is 12.8 Å². The van der Waals surface area contributed by atoms with Crippen LogP contribution in [0.4, 0.5) is 4.39 Å². The third-order valence-electron chi connectivity index (χ3n) is 5.64. The average molecular weight is 498 g/mol. The summed E-state index contributed by atoms with van der Waals surface area (Å²) in [6.45, 7) is 10.1. The summed E-state index contributed by atoms with van der Waals surface area (Å²) in [6, 6.07) is 14.6. The molecule has 0 unspecified atom stereocenters. The van der Waals surface area contributed by atoms with Crippen molar-refractivity contribution in [3.8, 4) is 0 Å². The maximum Gasteiger partial charge on any atom is 0.253 e. The van der Waals surface area contributed by atoms with Crippen LogP contribution >= 0.6 is 11.5 Å². The van der Waals surface area contributed by atoms with E-state index >= 15 is 0 Å². The zero-order chi connectivity index (χ0) is 25.5. The van der Waals surface area contributed by atoms with Gasteiger partial charge >= 0.3 is 0 Å². The molecule has 0 spiro atoms. The Morgan fingerprint density at radius 3 is 2.03 bits per heavy atom. The number of carbonyl (C=O) groups is 1. The number of aryl methyl sites for hydroxylation is 2. The van der Waals surface area contributed by atoms with Gasteiger partial charge in [-0.15, -0.1) is 0 Å². The van der Waals surface area contributed by atoms with E-state index in [9.17, 15) is 9.18 Å². The minimum Gasteiger partial charge on any atom is -0.339 e. The van der Waals surface area contributed by atoms with E-state index in [1.54, 1.807) is 12.1 Å². The van der Waals surface area contributed by atoms with E-state index in [1.165, 1.54) is 54.9 Å². The maximum atomic E-state index is 12.6. The Morgan fingerprint density at radius 2 is 1.49 bits per heavy atom. The van der Waals surface area contributed by atoms with Crippen LogP contribution < -0.4 is 0 Å². The minimum absolute atomic E-state index is 0.177. The van der Waals surface area contributed by atoms with Gasteiger partial charge in [-0.1, -0.05) is 64.3 Å². The SMILES string of the molecule is CCCCCCc1ccc(C(=O)N(CCC)CCC)cc1.Cc1nc(Cc2ccc(F)cc2)ns1. The topological polar surface area (TPSA) is 46.1 Å². The fourth-order valence-corrected chi connectivity index (χ4v) is 4.29. The summed E-state index contributed by atoms with van der Waals surface area (Å²) in [6.07, 6.45) is 8.98. The number of aromatic nitrogens is 2. The number of amides is 1. The Bertz CT molecular complexity index is 980. The van der Waals surface area contributed by atoms with E-state index < -0.39 is 0 Å². The van der Waals surface area contributed by atoms with Gasteiger partial charge in [0, 0.05) is 25.1 Å². The van der Waals surface area contributed by atoms with Gasteiger partial charge in [-0.2, -0.15) is 4.37 Å². The van der Waals surface area contributed by atoms with Gasteiger partial charge in [0.05, 0.1) is 0 Å². The number of nitrogens with zero attached hydrogens (tertiary/aromatic N) is 3. The first-order chi connectivity index (χ1) is 17.0. The molecule has 1 aromatic heterocycles.